The average molecular weight is 225 g/mol. The topological polar surface area (TPSA) is 20.2 Å². The lowest BCUT2D eigenvalue weighted by Gasteiger charge is -1.90. The van der Waals surface area contributed by atoms with E-state index in [0.29, 0.717) is 0 Å². The minimum absolute atomic E-state index is 0.285. The molecule has 4 heteroatoms. The number of benzene rings is 1. The van der Waals surface area contributed by atoms with Gasteiger partial charge in [-0.1, -0.05) is 12.1 Å². The molecule has 0 amide bonds. The van der Waals surface area contributed by atoms with Crippen LogP contribution in [-0.4, -0.2) is 12.0 Å². The van der Waals surface area contributed by atoms with Crippen molar-refractivity contribution in [2.45, 2.75) is 0 Å². The molecule has 0 aromatic heterocycles. The van der Waals surface area contributed by atoms with Gasteiger partial charge in [-0.15, -0.1) is 0 Å². The summed E-state index contributed by atoms with van der Waals surface area (Å²) in [6, 6.07) is 7.04. The van der Waals surface area contributed by atoms with Crippen LogP contribution in [0.4, 0.5) is 8.78 Å². The molecule has 0 atom stereocenters. The molecule has 0 spiro atoms. The minimum atomic E-state index is -1.75. The molecular weight excluding hydrogens is 218 g/mol. The van der Waals surface area contributed by atoms with Gasteiger partial charge in [0.1, 0.15) is 5.75 Å². The van der Waals surface area contributed by atoms with Gasteiger partial charge in [-0.25, -0.2) is 8.78 Å². The van der Waals surface area contributed by atoms with Gasteiger partial charge in [0.15, 0.2) is 0 Å². The fourth-order valence-electron chi connectivity index (χ4n) is 0.452. The predicted octanol–water partition coefficient (Wildman–Crippen LogP) is 3.04. The Morgan fingerprint density at radius 2 is 1.73 bits per heavy atom. The van der Waals surface area contributed by atoms with Crippen molar-refractivity contribution in [3.05, 3.63) is 28.7 Å². The van der Waals surface area contributed by atoms with Crippen LogP contribution in [0, 0.1) is 0 Å². The number of alkyl halides is 2. The summed E-state index contributed by atoms with van der Waals surface area (Å²) < 4.78 is 20.0. The number of hydrogen-bond acceptors (Lipinski definition) is 1. The maximum absolute atomic E-state index is 9.62. The monoisotopic (exact) mass is 224 g/mol. The van der Waals surface area contributed by atoms with Crippen molar-refractivity contribution >= 4 is 15.9 Å². The highest BCUT2D eigenvalue weighted by molar-refractivity contribution is 9.10. The number of halogens is 3. The van der Waals surface area contributed by atoms with Gasteiger partial charge < -0.3 is 5.11 Å². The molecule has 0 bridgehead atoms. The Balaban J connectivity index is 0.000000292. The molecule has 11 heavy (non-hydrogen) atoms. The van der Waals surface area contributed by atoms with Gasteiger partial charge >= 0.3 is 0 Å². The normalized spacial score (nSPS) is 8.27. The summed E-state index contributed by atoms with van der Waals surface area (Å²) in [4.78, 5) is 0. The summed E-state index contributed by atoms with van der Waals surface area (Å²) in [5.74, 6) is 0.285. The number of hydrogen-bond donors (Lipinski definition) is 1. The van der Waals surface area contributed by atoms with Crippen LogP contribution < -0.4 is 0 Å². The second-order valence-corrected chi connectivity index (χ2v) is 2.41. The van der Waals surface area contributed by atoms with Gasteiger partial charge in [0.2, 0.25) is 6.93 Å². The van der Waals surface area contributed by atoms with Gasteiger partial charge in [-0.2, -0.15) is 0 Å². The smallest absolute Gasteiger partial charge is 0.229 e. The van der Waals surface area contributed by atoms with Crippen molar-refractivity contribution in [1.82, 2.24) is 0 Å². The summed E-state index contributed by atoms with van der Waals surface area (Å²) in [7, 11) is 0. The van der Waals surface area contributed by atoms with E-state index < -0.39 is 6.93 Å². The third-order valence-corrected chi connectivity index (χ3v) is 1.52. The molecule has 0 aliphatic rings. The summed E-state index contributed by atoms with van der Waals surface area (Å²) >= 11 is 3.15. The number of phenolic OH excluding ortho intramolecular Hbond substituents is 1. The molecule has 0 fully saturated rings. The van der Waals surface area contributed by atoms with Gasteiger partial charge in [-0.05, 0) is 28.1 Å². The Labute approximate surface area is 71.8 Å². The van der Waals surface area contributed by atoms with Crippen LogP contribution in [0.2, 0.25) is 0 Å². The first-order valence-corrected chi connectivity index (χ1v) is 3.57. The standard InChI is InChI=1S/C6H5BrO.CH2F2/c7-5-3-1-2-4-6(5)8;2-1-3/h1-4,8H;1H2. The third kappa shape index (κ3) is 4.72. The Morgan fingerprint density at radius 1 is 1.27 bits per heavy atom. The van der Waals surface area contributed by atoms with Crippen LogP contribution in [0.25, 0.3) is 0 Å². The molecular formula is C7H7BrF2O. The highest BCUT2D eigenvalue weighted by Gasteiger charge is 1.89. The first-order chi connectivity index (χ1) is 5.22. The molecule has 1 aromatic carbocycles. The second-order valence-electron chi connectivity index (χ2n) is 1.55. The third-order valence-electron chi connectivity index (χ3n) is 0.852. The Bertz CT molecular complexity index is 184. The maximum atomic E-state index is 9.62. The predicted molar refractivity (Wildman–Crippen MR) is 42.9 cm³/mol. The fraction of sp³-hybridized carbons (Fsp3) is 0.143. The number of para-hydroxylation sites is 1. The quantitative estimate of drug-likeness (QED) is 0.719. The molecule has 0 heterocycles. The number of aromatic hydroxyl groups is 1. The first-order valence-electron chi connectivity index (χ1n) is 2.77. The van der Waals surface area contributed by atoms with Crippen molar-refractivity contribution in [3.8, 4) is 5.75 Å². The van der Waals surface area contributed by atoms with E-state index in [4.69, 9.17) is 5.11 Å². The summed E-state index contributed by atoms with van der Waals surface area (Å²) in [6.45, 7) is -1.75. The summed E-state index contributed by atoms with van der Waals surface area (Å²) in [5.41, 5.74) is 0. The van der Waals surface area contributed by atoms with E-state index in [1.165, 1.54) is 0 Å². The molecule has 1 aromatic rings. The SMILES string of the molecule is FCF.Oc1ccccc1Br. The van der Waals surface area contributed by atoms with Crippen molar-refractivity contribution < 1.29 is 13.9 Å². The summed E-state index contributed by atoms with van der Waals surface area (Å²) in [5, 5.41) is 8.87. The van der Waals surface area contributed by atoms with Crippen LogP contribution in [-0.2, 0) is 0 Å². The van der Waals surface area contributed by atoms with E-state index in [-0.39, 0.29) is 5.75 Å². The molecule has 0 aliphatic heterocycles. The zero-order chi connectivity index (χ0) is 8.69. The van der Waals surface area contributed by atoms with Crippen LogP contribution in [0.5, 0.6) is 5.75 Å². The number of phenols is 1. The average Bonchev–Trinajstić information content (AvgIpc) is 1.97. The van der Waals surface area contributed by atoms with E-state index in [1.807, 2.05) is 6.07 Å². The second kappa shape index (κ2) is 6.09. The maximum Gasteiger partial charge on any atom is 0.229 e. The lowest BCUT2D eigenvalue weighted by molar-refractivity contribution is 0.295. The lowest BCUT2D eigenvalue weighted by atomic mass is 10.3. The largest absolute Gasteiger partial charge is 0.507 e. The lowest BCUT2D eigenvalue weighted by Crippen LogP contribution is -1.63. The highest BCUT2D eigenvalue weighted by Crippen LogP contribution is 2.21. The van der Waals surface area contributed by atoms with Crippen molar-refractivity contribution in [1.29, 1.82) is 0 Å². The van der Waals surface area contributed by atoms with Gasteiger partial charge in [0.25, 0.3) is 0 Å². The minimum Gasteiger partial charge on any atom is -0.507 e. The van der Waals surface area contributed by atoms with E-state index >= 15 is 0 Å². The van der Waals surface area contributed by atoms with Crippen molar-refractivity contribution in [2.24, 2.45) is 0 Å². The summed E-state index contributed by atoms with van der Waals surface area (Å²) in [6.07, 6.45) is 0. The molecule has 0 saturated carbocycles. The van der Waals surface area contributed by atoms with Gasteiger partial charge in [-0.3, -0.25) is 0 Å². The highest BCUT2D eigenvalue weighted by atomic mass is 79.9. The van der Waals surface area contributed by atoms with E-state index in [0.717, 1.165) is 4.47 Å². The van der Waals surface area contributed by atoms with E-state index in [1.54, 1.807) is 18.2 Å². The number of rotatable bonds is 0. The van der Waals surface area contributed by atoms with Crippen LogP contribution >= 0.6 is 15.9 Å². The Hall–Kier alpha value is -0.640. The molecule has 1 rings (SSSR count). The van der Waals surface area contributed by atoms with Crippen LogP contribution in [0.15, 0.2) is 28.7 Å². The molecule has 0 radical (unpaired) electrons. The van der Waals surface area contributed by atoms with E-state index in [2.05, 4.69) is 15.9 Å². The molecule has 1 nitrogen and oxygen atoms in total. The molecule has 0 saturated heterocycles. The Kier molecular flexibility index (Phi) is 5.74. The van der Waals surface area contributed by atoms with E-state index in [9.17, 15) is 8.78 Å². The Morgan fingerprint density at radius 3 is 2.00 bits per heavy atom. The first kappa shape index (κ1) is 10.4. The van der Waals surface area contributed by atoms with Gasteiger partial charge in [0.05, 0.1) is 4.47 Å². The zero-order valence-corrected chi connectivity index (χ0v) is 7.18. The fourth-order valence-corrected chi connectivity index (χ4v) is 0.737. The molecule has 0 unspecified atom stereocenters. The van der Waals surface area contributed by atoms with Crippen LogP contribution in [0.3, 0.4) is 0 Å². The van der Waals surface area contributed by atoms with Crippen LogP contribution in [0.1, 0.15) is 0 Å². The van der Waals surface area contributed by atoms with Crippen molar-refractivity contribution in [3.63, 3.8) is 0 Å². The van der Waals surface area contributed by atoms with Crippen molar-refractivity contribution in [2.75, 3.05) is 6.93 Å². The molecule has 0 aliphatic carbocycles. The van der Waals surface area contributed by atoms with Gasteiger partial charge in [0, 0.05) is 0 Å². The molecule has 1 N–H and O–H groups in total. The zero-order valence-electron chi connectivity index (χ0n) is 5.60. The molecule has 62 valence electrons.